The topological polar surface area (TPSA) is 69.1 Å². The Morgan fingerprint density at radius 2 is 1.79 bits per heavy atom. The highest BCUT2D eigenvalue weighted by Gasteiger charge is 2.06. The van der Waals surface area contributed by atoms with Crippen LogP contribution >= 0.6 is 0 Å². The van der Waals surface area contributed by atoms with Crippen LogP contribution in [-0.2, 0) is 0 Å². The van der Waals surface area contributed by atoms with Gasteiger partial charge < -0.3 is 10.2 Å². The van der Waals surface area contributed by atoms with E-state index >= 15 is 0 Å². The van der Waals surface area contributed by atoms with Crippen LogP contribution in [-0.4, -0.2) is 27.0 Å². The summed E-state index contributed by atoms with van der Waals surface area (Å²) < 4.78 is 0. The molecule has 0 aliphatic carbocycles. The van der Waals surface area contributed by atoms with Crippen molar-refractivity contribution in [3.63, 3.8) is 0 Å². The summed E-state index contributed by atoms with van der Waals surface area (Å²) in [6.07, 6.45) is 0.980. The number of hydrogen-bond donors (Lipinski definition) is 3. The molecule has 4 heteroatoms. The van der Waals surface area contributed by atoms with E-state index in [4.69, 9.17) is 5.11 Å². The van der Waals surface area contributed by atoms with Crippen molar-refractivity contribution in [1.82, 2.24) is 10.2 Å². The molecule has 19 heavy (non-hydrogen) atoms. The van der Waals surface area contributed by atoms with Crippen LogP contribution in [0.2, 0.25) is 0 Å². The Bertz CT molecular complexity index is 689. The van der Waals surface area contributed by atoms with E-state index in [1.807, 2.05) is 36.4 Å². The smallest absolute Gasteiger partial charge is 0.102 e. The molecule has 0 saturated heterocycles. The Balaban J connectivity index is 1.96. The third kappa shape index (κ3) is 2.23. The molecular formula is C15H14N2O2. The highest BCUT2D eigenvalue weighted by atomic mass is 16.3. The standard InChI is InChI=1S/C15H14N2O2/c18-9-15(19)11-3-1-10(2-4-11)12-5-6-14-13(7-12)8-16-17-14/h1-8,15,18-19H,9H2,(H,16,17)/t15-/m0/s1. The molecule has 96 valence electrons. The number of aromatic amines is 1. The molecular weight excluding hydrogens is 240 g/mol. The van der Waals surface area contributed by atoms with Crippen LogP contribution in [0, 0.1) is 0 Å². The molecule has 4 nitrogen and oxygen atoms in total. The van der Waals surface area contributed by atoms with Crippen LogP contribution in [0.5, 0.6) is 0 Å². The molecule has 0 radical (unpaired) electrons. The van der Waals surface area contributed by atoms with E-state index in [0.29, 0.717) is 0 Å². The van der Waals surface area contributed by atoms with E-state index < -0.39 is 6.10 Å². The Morgan fingerprint density at radius 1 is 1.05 bits per heavy atom. The van der Waals surface area contributed by atoms with Gasteiger partial charge in [0, 0.05) is 5.39 Å². The summed E-state index contributed by atoms with van der Waals surface area (Å²) in [6, 6.07) is 13.6. The minimum atomic E-state index is -0.814. The second-order valence-electron chi connectivity index (χ2n) is 4.49. The van der Waals surface area contributed by atoms with Crippen molar-refractivity contribution in [2.75, 3.05) is 6.61 Å². The lowest BCUT2D eigenvalue weighted by Gasteiger charge is -2.08. The molecule has 0 amide bonds. The molecule has 0 aliphatic rings. The maximum Gasteiger partial charge on any atom is 0.102 e. The number of rotatable bonds is 3. The SMILES string of the molecule is OC[C@H](O)c1ccc(-c2ccc3[nH]ncc3c2)cc1. The number of benzene rings is 2. The van der Waals surface area contributed by atoms with Crippen molar-refractivity contribution in [1.29, 1.82) is 0 Å². The lowest BCUT2D eigenvalue weighted by Crippen LogP contribution is -2.01. The quantitative estimate of drug-likeness (QED) is 0.671. The number of aliphatic hydroxyl groups excluding tert-OH is 2. The van der Waals surface area contributed by atoms with E-state index in [9.17, 15) is 5.11 Å². The number of aromatic nitrogens is 2. The average Bonchev–Trinajstić information content (AvgIpc) is 2.94. The van der Waals surface area contributed by atoms with Gasteiger partial charge in [-0.25, -0.2) is 0 Å². The summed E-state index contributed by atoms with van der Waals surface area (Å²) in [4.78, 5) is 0. The molecule has 3 aromatic rings. The van der Waals surface area contributed by atoms with E-state index in [0.717, 1.165) is 27.6 Å². The van der Waals surface area contributed by atoms with Gasteiger partial charge in [0.15, 0.2) is 0 Å². The van der Waals surface area contributed by atoms with E-state index in [1.54, 1.807) is 6.20 Å². The Morgan fingerprint density at radius 3 is 2.53 bits per heavy atom. The summed E-state index contributed by atoms with van der Waals surface area (Å²) in [6.45, 7) is -0.264. The fourth-order valence-electron chi connectivity index (χ4n) is 2.13. The monoisotopic (exact) mass is 254 g/mol. The molecule has 0 spiro atoms. The molecule has 1 aromatic heterocycles. The molecule has 0 aliphatic heterocycles. The summed E-state index contributed by atoms with van der Waals surface area (Å²) in [5.41, 5.74) is 3.89. The van der Waals surface area contributed by atoms with Gasteiger partial charge in [0.25, 0.3) is 0 Å². The highest BCUT2D eigenvalue weighted by Crippen LogP contribution is 2.24. The van der Waals surface area contributed by atoms with Crippen LogP contribution in [0.4, 0.5) is 0 Å². The predicted octanol–water partition coefficient (Wildman–Crippen LogP) is 2.26. The molecule has 0 unspecified atom stereocenters. The number of nitrogens with zero attached hydrogens (tertiary/aromatic N) is 1. The van der Waals surface area contributed by atoms with E-state index in [1.165, 1.54) is 0 Å². The molecule has 3 rings (SSSR count). The summed E-state index contributed by atoms with van der Waals surface area (Å²) in [5, 5.41) is 26.4. The molecule has 1 atom stereocenters. The summed E-state index contributed by atoms with van der Waals surface area (Å²) >= 11 is 0. The lowest BCUT2D eigenvalue weighted by molar-refractivity contribution is 0.0956. The number of nitrogens with one attached hydrogen (secondary N) is 1. The van der Waals surface area contributed by atoms with Gasteiger partial charge in [-0.2, -0.15) is 5.10 Å². The average molecular weight is 254 g/mol. The Hall–Kier alpha value is -2.17. The van der Waals surface area contributed by atoms with Gasteiger partial charge in [0.2, 0.25) is 0 Å². The normalized spacial score (nSPS) is 12.7. The first kappa shape index (κ1) is 11.9. The molecule has 0 bridgehead atoms. The van der Waals surface area contributed by atoms with Crippen molar-refractivity contribution in [2.24, 2.45) is 0 Å². The van der Waals surface area contributed by atoms with Gasteiger partial charge in [0.1, 0.15) is 6.10 Å². The first-order valence-corrected chi connectivity index (χ1v) is 6.10. The summed E-state index contributed by atoms with van der Waals surface area (Å²) in [7, 11) is 0. The fraction of sp³-hybridized carbons (Fsp3) is 0.133. The minimum absolute atomic E-state index is 0.264. The maximum atomic E-state index is 9.54. The van der Waals surface area contributed by atoms with Gasteiger partial charge >= 0.3 is 0 Å². The van der Waals surface area contributed by atoms with Crippen molar-refractivity contribution in [3.05, 3.63) is 54.2 Å². The zero-order valence-corrected chi connectivity index (χ0v) is 10.2. The number of fused-ring (bicyclic) bond motifs is 1. The van der Waals surface area contributed by atoms with Gasteiger partial charge in [0.05, 0.1) is 18.3 Å². The van der Waals surface area contributed by atoms with Crippen LogP contribution in [0.25, 0.3) is 22.0 Å². The van der Waals surface area contributed by atoms with Gasteiger partial charge in [-0.3, -0.25) is 5.10 Å². The number of aliphatic hydroxyl groups is 2. The van der Waals surface area contributed by atoms with Gasteiger partial charge in [-0.1, -0.05) is 30.3 Å². The largest absolute Gasteiger partial charge is 0.393 e. The Labute approximate surface area is 110 Å². The Kier molecular flexibility index (Phi) is 3.03. The first-order chi connectivity index (χ1) is 9.28. The molecule has 0 fully saturated rings. The van der Waals surface area contributed by atoms with E-state index in [2.05, 4.69) is 16.3 Å². The fourth-order valence-corrected chi connectivity index (χ4v) is 2.13. The minimum Gasteiger partial charge on any atom is -0.393 e. The maximum absolute atomic E-state index is 9.54. The highest BCUT2D eigenvalue weighted by molar-refractivity contribution is 5.83. The zero-order chi connectivity index (χ0) is 13.2. The molecule has 3 N–H and O–H groups in total. The third-order valence-corrected chi connectivity index (χ3v) is 3.24. The van der Waals surface area contributed by atoms with Crippen LogP contribution in [0.1, 0.15) is 11.7 Å². The van der Waals surface area contributed by atoms with Crippen molar-refractivity contribution < 1.29 is 10.2 Å². The summed E-state index contributed by atoms with van der Waals surface area (Å²) in [5.74, 6) is 0. The van der Waals surface area contributed by atoms with Gasteiger partial charge in [-0.05, 0) is 28.8 Å². The van der Waals surface area contributed by atoms with E-state index in [-0.39, 0.29) is 6.61 Å². The first-order valence-electron chi connectivity index (χ1n) is 6.10. The number of hydrogen-bond acceptors (Lipinski definition) is 3. The zero-order valence-electron chi connectivity index (χ0n) is 10.2. The van der Waals surface area contributed by atoms with Crippen molar-refractivity contribution in [2.45, 2.75) is 6.10 Å². The lowest BCUT2D eigenvalue weighted by atomic mass is 10.0. The predicted molar refractivity (Wildman–Crippen MR) is 73.6 cm³/mol. The molecule has 2 aromatic carbocycles. The van der Waals surface area contributed by atoms with Crippen LogP contribution < -0.4 is 0 Å². The second-order valence-corrected chi connectivity index (χ2v) is 4.49. The third-order valence-electron chi connectivity index (χ3n) is 3.24. The van der Waals surface area contributed by atoms with Crippen molar-refractivity contribution >= 4 is 10.9 Å². The number of H-pyrrole nitrogens is 1. The van der Waals surface area contributed by atoms with Crippen LogP contribution in [0.3, 0.4) is 0 Å². The van der Waals surface area contributed by atoms with Gasteiger partial charge in [-0.15, -0.1) is 0 Å². The molecule has 1 heterocycles. The second kappa shape index (κ2) is 4.84. The van der Waals surface area contributed by atoms with Crippen molar-refractivity contribution in [3.8, 4) is 11.1 Å². The van der Waals surface area contributed by atoms with Crippen LogP contribution in [0.15, 0.2) is 48.7 Å². The molecule has 0 saturated carbocycles.